The number of nitrogens with zero attached hydrogens (tertiary/aromatic N) is 3. The third-order valence-electron chi connectivity index (χ3n) is 4.65. The Morgan fingerprint density at radius 2 is 2.19 bits per heavy atom. The van der Waals surface area contributed by atoms with Crippen LogP contribution in [0.15, 0.2) is 42.6 Å². The van der Waals surface area contributed by atoms with Crippen molar-refractivity contribution >= 4 is 22.9 Å². The first-order chi connectivity index (χ1) is 12.7. The summed E-state index contributed by atoms with van der Waals surface area (Å²) in [6.07, 6.45) is 3.21. The summed E-state index contributed by atoms with van der Waals surface area (Å²) >= 11 is 0. The Morgan fingerprint density at radius 1 is 1.35 bits per heavy atom. The number of piperidine rings is 1. The molecule has 1 saturated heterocycles. The number of nitrogen functional groups attached to an aromatic ring is 1. The van der Waals surface area contributed by atoms with Gasteiger partial charge < -0.3 is 20.4 Å². The van der Waals surface area contributed by atoms with Crippen molar-refractivity contribution < 1.29 is 9.53 Å². The number of carbonyl (C=O) groups is 1. The SMILES string of the molecule is Nc1cnc2[nH]c(C3CCCN(C(=O)OCc4ccccc4)C3)nc2c1. The fourth-order valence-corrected chi connectivity index (χ4v) is 3.30. The summed E-state index contributed by atoms with van der Waals surface area (Å²) in [5.74, 6) is 0.988. The second-order valence-electron chi connectivity index (χ2n) is 6.58. The number of amides is 1. The number of aromatic amines is 1. The second-order valence-corrected chi connectivity index (χ2v) is 6.58. The number of likely N-dealkylation sites (tertiary alicyclic amines) is 1. The van der Waals surface area contributed by atoms with Gasteiger partial charge in [0.25, 0.3) is 0 Å². The lowest BCUT2D eigenvalue weighted by molar-refractivity contribution is 0.0854. The number of imidazole rings is 1. The van der Waals surface area contributed by atoms with Crippen molar-refractivity contribution in [3.8, 4) is 0 Å². The van der Waals surface area contributed by atoms with Crippen molar-refractivity contribution in [3.05, 3.63) is 54.0 Å². The first-order valence-corrected chi connectivity index (χ1v) is 8.76. The number of ether oxygens (including phenoxy) is 1. The van der Waals surface area contributed by atoms with Gasteiger partial charge in [0.2, 0.25) is 0 Å². The highest BCUT2D eigenvalue weighted by Gasteiger charge is 2.27. The molecule has 0 spiro atoms. The highest BCUT2D eigenvalue weighted by molar-refractivity contribution is 5.74. The van der Waals surface area contributed by atoms with Crippen LogP contribution in [0.4, 0.5) is 10.5 Å². The molecule has 0 radical (unpaired) electrons. The second kappa shape index (κ2) is 7.03. The van der Waals surface area contributed by atoms with Gasteiger partial charge in [-0.1, -0.05) is 30.3 Å². The average Bonchev–Trinajstić information content (AvgIpc) is 3.10. The van der Waals surface area contributed by atoms with Gasteiger partial charge in [0.15, 0.2) is 5.65 Å². The van der Waals surface area contributed by atoms with E-state index in [1.807, 2.05) is 30.3 Å². The Morgan fingerprint density at radius 3 is 3.04 bits per heavy atom. The molecule has 7 nitrogen and oxygen atoms in total. The van der Waals surface area contributed by atoms with Crippen LogP contribution < -0.4 is 5.73 Å². The number of fused-ring (bicyclic) bond motifs is 1. The highest BCUT2D eigenvalue weighted by atomic mass is 16.6. The molecule has 26 heavy (non-hydrogen) atoms. The van der Waals surface area contributed by atoms with Crippen molar-refractivity contribution in [1.29, 1.82) is 0 Å². The Hall–Kier alpha value is -3.09. The lowest BCUT2D eigenvalue weighted by Gasteiger charge is -2.31. The summed E-state index contributed by atoms with van der Waals surface area (Å²) in [5, 5.41) is 0. The molecule has 3 N–H and O–H groups in total. The van der Waals surface area contributed by atoms with E-state index in [0.29, 0.717) is 18.8 Å². The molecule has 3 heterocycles. The Bertz CT molecular complexity index is 909. The summed E-state index contributed by atoms with van der Waals surface area (Å²) in [6.45, 7) is 1.58. The number of benzene rings is 1. The molecular formula is C19H21N5O2. The monoisotopic (exact) mass is 351 g/mol. The van der Waals surface area contributed by atoms with E-state index in [9.17, 15) is 4.79 Å². The normalized spacial score (nSPS) is 17.4. The molecule has 1 aliphatic heterocycles. The van der Waals surface area contributed by atoms with Gasteiger partial charge in [-0.3, -0.25) is 0 Å². The number of rotatable bonds is 3. The number of pyridine rings is 1. The zero-order valence-electron chi connectivity index (χ0n) is 14.4. The van der Waals surface area contributed by atoms with E-state index in [4.69, 9.17) is 10.5 Å². The molecule has 1 unspecified atom stereocenters. The average molecular weight is 351 g/mol. The van der Waals surface area contributed by atoms with Gasteiger partial charge in [0.1, 0.15) is 17.9 Å². The largest absolute Gasteiger partial charge is 0.445 e. The predicted molar refractivity (Wildman–Crippen MR) is 98.5 cm³/mol. The van der Waals surface area contributed by atoms with Crippen molar-refractivity contribution in [3.63, 3.8) is 0 Å². The van der Waals surface area contributed by atoms with Crippen LogP contribution in [-0.2, 0) is 11.3 Å². The fourth-order valence-electron chi connectivity index (χ4n) is 3.30. The zero-order chi connectivity index (χ0) is 17.9. The van der Waals surface area contributed by atoms with E-state index in [1.54, 1.807) is 17.2 Å². The molecule has 4 rings (SSSR count). The molecule has 1 fully saturated rings. The van der Waals surface area contributed by atoms with E-state index in [0.717, 1.165) is 35.4 Å². The molecular weight excluding hydrogens is 330 g/mol. The standard InChI is InChI=1S/C19H21N5O2/c20-15-9-16-18(21-10-15)23-17(22-16)14-7-4-8-24(11-14)19(25)26-12-13-5-2-1-3-6-13/h1-3,5-6,9-10,14H,4,7-8,11-12,20H2,(H,21,22,23). The number of H-pyrrole nitrogens is 1. The topological polar surface area (TPSA) is 97.1 Å². The van der Waals surface area contributed by atoms with Gasteiger partial charge in [-0.2, -0.15) is 0 Å². The number of hydrogen-bond donors (Lipinski definition) is 2. The predicted octanol–water partition coefficient (Wildman–Crippen LogP) is 3.06. The molecule has 7 heteroatoms. The molecule has 1 aliphatic rings. The summed E-state index contributed by atoms with van der Waals surface area (Å²) in [4.78, 5) is 26.3. The van der Waals surface area contributed by atoms with Crippen molar-refractivity contribution in [2.45, 2.75) is 25.4 Å². The number of anilines is 1. The fraction of sp³-hybridized carbons (Fsp3) is 0.316. The summed E-state index contributed by atoms with van der Waals surface area (Å²) in [7, 11) is 0. The maximum atomic E-state index is 12.4. The van der Waals surface area contributed by atoms with Crippen LogP contribution in [0.5, 0.6) is 0 Å². The minimum atomic E-state index is -0.281. The Kier molecular flexibility index (Phi) is 4.43. The van der Waals surface area contributed by atoms with Crippen LogP contribution in [0.1, 0.15) is 30.1 Å². The number of hydrogen-bond acceptors (Lipinski definition) is 5. The number of nitrogens with one attached hydrogen (secondary N) is 1. The van der Waals surface area contributed by atoms with E-state index in [-0.39, 0.29) is 18.6 Å². The number of nitrogens with two attached hydrogens (primary N) is 1. The third kappa shape index (κ3) is 3.46. The van der Waals surface area contributed by atoms with E-state index in [1.165, 1.54) is 0 Å². The molecule has 0 bridgehead atoms. The van der Waals surface area contributed by atoms with Crippen molar-refractivity contribution in [1.82, 2.24) is 19.9 Å². The van der Waals surface area contributed by atoms with Gasteiger partial charge in [-0.15, -0.1) is 0 Å². The third-order valence-corrected chi connectivity index (χ3v) is 4.65. The Balaban J connectivity index is 1.42. The van der Waals surface area contributed by atoms with E-state index in [2.05, 4.69) is 15.0 Å². The molecule has 2 aromatic heterocycles. The molecule has 3 aromatic rings. The number of aromatic nitrogens is 3. The summed E-state index contributed by atoms with van der Waals surface area (Å²) in [5.41, 5.74) is 8.81. The Labute approximate surface area is 151 Å². The molecule has 1 amide bonds. The maximum absolute atomic E-state index is 12.4. The minimum absolute atomic E-state index is 0.142. The molecule has 0 saturated carbocycles. The zero-order valence-corrected chi connectivity index (χ0v) is 14.4. The van der Waals surface area contributed by atoms with Gasteiger partial charge in [-0.25, -0.2) is 14.8 Å². The first kappa shape index (κ1) is 16.4. The molecule has 1 aromatic carbocycles. The first-order valence-electron chi connectivity index (χ1n) is 8.76. The molecule has 0 aliphatic carbocycles. The van der Waals surface area contributed by atoms with Crippen LogP contribution >= 0.6 is 0 Å². The number of carbonyl (C=O) groups excluding carboxylic acids is 1. The maximum Gasteiger partial charge on any atom is 0.410 e. The molecule has 134 valence electrons. The van der Waals surface area contributed by atoms with Gasteiger partial charge in [0, 0.05) is 19.0 Å². The van der Waals surface area contributed by atoms with Crippen molar-refractivity contribution in [2.24, 2.45) is 0 Å². The highest BCUT2D eigenvalue weighted by Crippen LogP contribution is 2.27. The van der Waals surface area contributed by atoms with E-state index >= 15 is 0 Å². The van der Waals surface area contributed by atoms with Crippen LogP contribution in [0.2, 0.25) is 0 Å². The lowest BCUT2D eigenvalue weighted by atomic mass is 9.98. The van der Waals surface area contributed by atoms with E-state index < -0.39 is 0 Å². The van der Waals surface area contributed by atoms with Gasteiger partial charge in [-0.05, 0) is 24.5 Å². The van der Waals surface area contributed by atoms with Crippen LogP contribution in [0.25, 0.3) is 11.2 Å². The van der Waals surface area contributed by atoms with Crippen molar-refractivity contribution in [2.75, 3.05) is 18.8 Å². The molecule has 1 atom stereocenters. The van der Waals surface area contributed by atoms with Crippen LogP contribution in [-0.4, -0.2) is 39.0 Å². The van der Waals surface area contributed by atoms with Gasteiger partial charge >= 0.3 is 6.09 Å². The van der Waals surface area contributed by atoms with Gasteiger partial charge in [0.05, 0.1) is 11.9 Å². The minimum Gasteiger partial charge on any atom is -0.445 e. The summed E-state index contributed by atoms with van der Waals surface area (Å²) < 4.78 is 5.45. The van der Waals surface area contributed by atoms with Crippen LogP contribution in [0.3, 0.4) is 0 Å². The quantitative estimate of drug-likeness (QED) is 0.756. The summed E-state index contributed by atoms with van der Waals surface area (Å²) in [6, 6.07) is 11.5. The lowest BCUT2D eigenvalue weighted by Crippen LogP contribution is -2.39. The smallest absolute Gasteiger partial charge is 0.410 e. The van der Waals surface area contributed by atoms with Crippen LogP contribution in [0, 0.1) is 0 Å².